The number of nitrogens with one attached hydrogen (secondary N) is 2. The summed E-state index contributed by atoms with van der Waals surface area (Å²) in [7, 11) is -3.42. The second-order valence-corrected chi connectivity index (χ2v) is 11.8. The van der Waals surface area contributed by atoms with E-state index in [1.54, 1.807) is 51.2 Å². The van der Waals surface area contributed by atoms with Crippen LogP contribution in [0, 0.1) is 5.92 Å². The fourth-order valence-electron chi connectivity index (χ4n) is 4.14. The first kappa shape index (κ1) is 20.7. The number of sulfone groups is 1. The second kappa shape index (κ2) is 7.27. The average molecular weight is 429 g/mol. The van der Waals surface area contributed by atoms with Gasteiger partial charge in [-0.15, -0.1) is 0 Å². The number of H-pyrrole nitrogens is 1. The molecule has 1 aliphatic carbocycles. The van der Waals surface area contributed by atoms with E-state index in [4.69, 9.17) is 5.10 Å². The van der Waals surface area contributed by atoms with Crippen LogP contribution >= 0.6 is 0 Å². The largest absolute Gasteiger partial charge is 0.338 e. The van der Waals surface area contributed by atoms with E-state index < -0.39 is 14.6 Å². The molecule has 1 saturated carbocycles. The number of anilines is 2. The van der Waals surface area contributed by atoms with Gasteiger partial charge in [0.05, 0.1) is 21.2 Å². The first-order valence-corrected chi connectivity index (χ1v) is 11.8. The fraction of sp³-hybridized carbons (Fsp3) is 0.455. The van der Waals surface area contributed by atoms with Gasteiger partial charge < -0.3 is 10.3 Å². The Labute approximate surface area is 176 Å². The summed E-state index contributed by atoms with van der Waals surface area (Å²) in [6, 6.07) is 8.75. The minimum atomic E-state index is -3.42. The highest BCUT2D eigenvalue weighted by Gasteiger charge is 2.31. The molecule has 3 aromatic rings. The highest BCUT2D eigenvalue weighted by molar-refractivity contribution is 7.92. The van der Waals surface area contributed by atoms with Crippen LogP contribution in [-0.2, 0) is 9.84 Å². The van der Waals surface area contributed by atoms with Gasteiger partial charge in [-0.3, -0.25) is 9.48 Å². The zero-order valence-electron chi connectivity index (χ0n) is 17.8. The maximum atomic E-state index is 12.6. The van der Waals surface area contributed by atoms with Crippen molar-refractivity contribution in [2.75, 3.05) is 5.32 Å². The number of rotatable bonds is 4. The molecule has 2 atom stereocenters. The summed E-state index contributed by atoms with van der Waals surface area (Å²) in [4.78, 5) is 15.6. The lowest BCUT2D eigenvalue weighted by Crippen LogP contribution is -2.27. The first-order chi connectivity index (χ1) is 14.1. The molecule has 1 aliphatic rings. The Kier molecular flexibility index (Phi) is 5.00. The van der Waals surface area contributed by atoms with E-state index in [1.807, 2.05) is 10.7 Å². The minimum absolute atomic E-state index is 0.196. The van der Waals surface area contributed by atoms with Crippen LogP contribution in [-0.4, -0.2) is 27.9 Å². The number of hydrogen-bond acceptors (Lipinski definition) is 5. The Morgan fingerprint density at radius 3 is 2.43 bits per heavy atom. The van der Waals surface area contributed by atoms with E-state index in [9.17, 15) is 13.2 Å². The standard InChI is InChI=1S/C22H28N4O3S/c1-14-6-5-7-17(14)26-18-12-13-23-21(27)19(18)20(25-26)24-15-8-10-16(11-9-15)30(28,29)22(2,3)4/h8-14,17H,5-7H2,1-4H3,(H,23,27)(H,24,25)/t14-,17?/m0/s1. The molecule has 1 aromatic carbocycles. The van der Waals surface area contributed by atoms with Crippen molar-refractivity contribution in [3.05, 3.63) is 46.9 Å². The van der Waals surface area contributed by atoms with Crippen molar-refractivity contribution in [1.82, 2.24) is 14.8 Å². The highest BCUT2D eigenvalue weighted by Crippen LogP contribution is 2.38. The normalized spacial score (nSPS) is 20.0. The van der Waals surface area contributed by atoms with Gasteiger partial charge in [0.15, 0.2) is 15.7 Å². The molecular weight excluding hydrogens is 400 g/mol. The zero-order chi connectivity index (χ0) is 21.7. The lowest BCUT2D eigenvalue weighted by molar-refractivity contribution is 0.386. The van der Waals surface area contributed by atoms with Gasteiger partial charge in [0.25, 0.3) is 5.56 Å². The maximum Gasteiger partial charge on any atom is 0.261 e. The lowest BCUT2D eigenvalue weighted by Gasteiger charge is -2.19. The smallest absolute Gasteiger partial charge is 0.261 e. The highest BCUT2D eigenvalue weighted by atomic mass is 32.2. The molecule has 2 N–H and O–H groups in total. The van der Waals surface area contributed by atoms with Crippen LogP contribution in [0.2, 0.25) is 0 Å². The second-order valence-electron chi connectivity index (χ2n) is 9.10. The average Bonchev–Trinajstić information content (AvgIpc) is 3.25. The molecule has 1 unspecified atom stereocenters. The summed E-state index contributed by atoms with van der Waals surface area (Å²) in [6.07, 6.45) is 5.01. The predicted octanol–water partition coefficient (Wildman–Crippen LogP) is 4.40. The van der Waals surface area contributed by atoms with Gasteiger partial charge in [-0.05, 0) is 69.9 Å². The molecule has 0 radical (unpaired) electrons. The third-order valence-corrected chi connectivity index (χ3v) is 8.50. The van der Waals surface area contributed by atoms with Crippen molar-refractivity contribution in [3.8, 4) is 0 Å². The molecule has 0 saturated heterocycles. The topological polar surface area (TPSA) is 96.8 Å². The third-order valence-electron chi connectivity index (χ3n) is 5.99. The Balaban J connectivity index is 1.72. The van der Waals surface area contributed by atoms with Gasteiger partial charge in [0, 0.05) is 11.9 Å². The molecule has 2 aromatic heterocycles. The van der Waals surface area contributed by atoms with Gasteiger partial charge in [-0.1, -0.05) is 13.3 Å². The molecule has 160 valence electrons. The Hall–Kier alpha value is -2.61. The van der Waals surface area contributed by atoms with E-state index >= 15 is 0 Å². The summed E-state index contributed by atoms with van der Waals surface area (Å²) in [5.41, 5.74) is 1.29. The van der Waals surface area contributed by atoms with Gasteiger partial charge >= 0.3 is 0 Å². The van der Waals surface area contributed by atoms with Crippen LogP contribution in [0.25, 0.3) is 10.9 Å². The summed E-state index contributed by atoms with van der Waals surface area (Å²) in [5.74, 6) is 0.986. The maximum absolute atomic E-state index is 12.6. The molecule has 0 amide bonds. The van der Waals surface area contributed by atoms with E-state index in [0.717, 1.165) is 24.8 Å². The van der Waals surface area contributed by atoms with E-state index in [2.05, 4.69) is 17.2 Å². The van der Waals surface area contributed by atoms with Crippen molar-refractivity contribution in [3.63, 3.8) is 0 Å². The Bertz CT molecular complexity index is 1230. The first-order valence-electron chi connectivity index (χ1n) is 10.3. The number of benzene rings is 1. The van der Waals surface area contributed by atoms with Gasteiger partial charge in [0.2, 0.25) is 0 Å². The van der Waals surface area contributed by atoms with Crippen molar-refractivity contribution >= 4 is 32.2 Å². The van der Waals surface area contributed by atoms with Gasteiger partial charge in [-0.2, -0.15) is 5.10 Å². The van der Waals surface area contributed by atoms with E-state index in [1.165, 1.54) is 0 Å². The van der Waals surface area contributed by atoms with Crippen molar-refractivity contribution < 1.29 is 8.42 Å². The molecule has 0 spiro atoms. The monoisotopic (exact) mass is 428 g/mol. The van der Waals surface area contributed by atoms with Crippen LogP contribution in [0.4, 0.5) is 11.5 Å². The summed E-state index contributed by atoms with van der Waals surface area (Å²) in [6.45, 7) is 7.27. The number of fused-ring (bicyclic) bond motifs is 1. The number of hydrogen-bond donors (Lipinski definition) is 2. The molecular formula is C22H28N4O3S. The number of nitrogens with zero attached hydrogens (tertiary/aromatic N) is 2. The fourth-order valence-corrected chi connectivity index (χ4v) is 5.34. The quantitative estimate of drug-likeness (QED) is 0.642. The van der Waals surface area contributed by atoms with Gasteiger partial charge in [-0.25, -0.2) is 8.42 Å². The number of pyridine rings is 1. The van der Waals surface area contributed by atoms with Gasteiger partial charge in [0.1, 0.15) is 5.39 Å². The molecule has 30 heavy (non-hydrogen) atoms. The minimum Gasteiger partial charge on any atom is -0.338 e. The summed E-state index contributed by atoms with van der Waals surface area (Å²) in [5, 5.41) is 8.49. The van der Waals surface area contributed by atoms with Crippen LogP contribution in [0.5, 0.6) is 0 Å². The SMILES string of the molecule is C[C@H]1CCCC1n1nc(Nc2ccc(S(=O)(=O)C(C)(C)C)cc2)c2c(=O)[nH]ccc21. The number of aromatic amines is 1. The van der Waals surface area contributed by atoms with Crippen LogP contribution in [0.1, 0.15) is 53.0 Å². The molecule has 2 heterocycles. The van der Waals surface area contributed by atoms with Crippen molar-refractivity contribution in [1.29, 1.82) is 0 Å². The molecule has 0 aliphatic heterocycles. The summed E-state index contributed by atoms with van der Waals surface area (Å²) >= 11 is 0. The van der Waals surface area contributed by atoms with E-state index in [0.29, 0.717) is 22.8 Å². The predicted molar refractivity (Wildman–Crippen MR) is 119 cm³/mol. The lowest BCUT2D eigenvalue weighted by atomic mass is 10.1. The number of aromatic nitrogens is 3. The Morgan fingerprint density at radius 1 is 1.13 bits per heavy atom. The van der Waals surface area contributed by atoms with E-state index in [-0.39, 0.29) is 16.5 Å². The summed E-state index contributed by atoms with van der Waals surface area (Å²) < 4.78 is 26.4. The molecule has 8 heteroatoms. The van der Waals surface area contributed by atoms with Crippen LogP contribution in [0.3, 0.4) is 0 Å². The van der Waals surface area contributed by atoms with Crippen molar-refractivity contribution in [2.24, 2.45) is 5.92 Å². The van der Waals surface area contributed by atoms with Crippen LogP contribution in [0.15, 0.2) is 46.2 Å². The third kappa shape index (κ3) is 3.43. The zero-order valence-corrected chi connectivity index (χ0v) is 18.6. The molecule has 7 nitrogen and oxygen atoms in total. The molecule has 1 fully saturated rings. The molecule has 4 rings (SSSR count). The van der Waals surface area contributed by atoms with Crippen LogP contribution < -0.4 is 10.9 Å². The van der Waals surface area contributed by atoms with Crippen molar-refractivity contribution in [2.45, 2.75) is 62.6 Å². The molecule has 0 bridgehead atoms. The Morgan fingerprint density at radius 2 is 1.83 bits per heavy atom.